The molecule has 27 heavy (non-hydrogen) atoms. The van der Waals surface area contributed by atoms with Crippen LogP contribution in [-0.2, 0) is 19.8 Å². The predicted octanol–water partition coefficient (Wildman–Crippen LogP) is 3.19. The van der Waals surface area contributed by atoms with E-state index >= 15 is 0 Å². The molecule has 0 aliphatic heterocycles. The van der Waals surface area contributed by atoms with Crippen molar-refractivity contribution in [2.24, 2.45) is 0 Å². The number of hydrogen-bond acceptors (Lipinski definition) is 4. The van der Waals surface area contributed by atoms with E-state index in [0.29, 0.717) is 11.1 Å². The number of aliphatic hydroxyl groups is 1. The van der Waals surface area contributed by atoms with Gasteiger partial charge in [0.1, 0.15) is 17.1 Å². The van der Waals surface area contributed by atoms with Crippen LogP contribution < -0.4 is 5.32 Å². The first-order valence-corrected chi connectivity index (χ1v) is 8.69. The van der Waals surface area contributed by atoms with Crippen LogP contribution in [0.2, 0.25) is 0 Å². The SMILES string of the molecule is CC(=O)CNC(=O)C1=C(O)c2cc(-c3ccccc3)ccc2C(C)(C)C1=O. The quantitative estimate of drug-likeness (QED) is 0.817. The molecule has 5 heteroatoms. The van der Waals surface area contributed by atoms with Gasteiger partial charge in [-0.3, -0.25) is 14.4 Å². The minimum Gasteiger partial charge on any atom is -0.506 e. The summed E-state index contributed by atoms with van der Waals surface area (Å²) in [5.41, 5.74) is 1.67. The van der Waals surface area contributed by atoms with E-state index in [0.717, 1.165) is 11.1 Å². The van der Waals surface area contributed by atoms with E-state index in [2.05, 4.69) is 5.32 Å². The lowest BCUT2D eigenvalue weighted by atomic mass is 9.70. The Balaban J connectivity index is 2.14. The summed E-state index contributed by atoms with van der Waals surface area (Å²) in [7, 11) is 0. The highest BCUT2D eigenvalue weighted by molar-refractivity contribution is 6.28. The summed E-state index contributed by atoms with van der Waals surface area (Å²) in [6.45, 7) is 4.59. The van der Waals surface area contributed by atoms with Crippen LogP contribution in [-0.4, -0.2) is 29.1 Å². The molecule has 0 radical (unpaired) electrons. The molecule has 1 aliphatic carbocycles. The summed E-state index contributed by atoms with van der Waals surface area (Å²) in [5.74, 6) is -1.80. The molecule has 0 aromatic heterocycles. The third-order valence-corrected chi connectivity index (χ3v) is 4.81. The molecule has 0 heterocycles. The second kappa shape index (κ2) is 6.83. The van der Waals surface area contributed by atoms with Crippen molar-refractivity contribution < 1.29 is 19.5 Å². The van der Waals surface area contributed by atoms with E-state index in [4.69, 9.17) is 0 Å². The summed E-state index contributed by atoms with van der Waals surface area (Å²) in [6.07, 6.45) is 0. The number of hydrogen-bond donors (Lipinski definition) is 2. The van der Waals surface area contributed by atoms with Crippen LogP contribution in [0.25, 0.3) is 16.9 Å². The Morgan fingerprint density at radius 2 is 1.70 bits per heavy atom. The van der Waals surface area contributed by atoms with Crippen LogP contribution in [0.1, 0.15) is 31.9 Å². The second-order valence-electron chi connectivity index (χ2n) is 7.19. The van der Waals surface area contributed by atoms with Gasteiger partial charge in [-0.2, -0.15) is 0 Å². The topological polar surface area (TPSA) is 83.5 Å². The summed E-state index contributed by atoms with van der Waals surface area (Å²) in [5, 5.41) is 13.1. The van der Waals surface area contributed by atoms with Crippen molar-refractivity contribution in [2.45, 2.75) is 26.2 Å². The monoisotopic (exact) mass is 363 g/mol. The minimum atomic E-state index is -0.973. The van der Waals surface area contributed by atoms with Crippen molar-refractivity contribution in [1.82, 2.24) is 5.32 Å². The van der Waals surface area contributed by atoms with E-state index in [1.165, 1.54) is 6.92 Å². The maximum absolute atomic E-state index is 12.9. The van der Waals surface area contributed by atoms with Gasteiger partial charge in [-0.15, -0.1) is 0 Å². The van der Waals surface area contributed by atoms with Gasteiger partial charge in [-0.1, -0.05) is 42.5 Å². The average Bonchev–Trinajstić information content (AvgIpc) is 2.65. The Hall–Kier alpha value is -3.21. The molecule has 0 saturated heterocycles. The van der Waals surface area contributed by atoms with Crippen LogP contribution in [0.3, 0.4) is 0 Å². The molecule has 0 saturated carbocycles. The second-order valence-corrected chi connectivity index (χ2v) is 7.19. The van der Waals surface area contributed by atoms with Gasteiger partial charge < -0.3 is 10.4 Å². The van der Waals surface area contributed by atoms with Crippen molar-refractivity contribution in [1.29, 1.82) is 0 Å². The number of ketones is 2. The summed E-state index contributed by atoms with van der Waals surface area (Å²) in [6, 6.07) is 15.1. The van der Waals surface area contributed by atoms with Crippen molar-refractivity contribution in [3.05, 3.63) is 65.2 Å². The van der Waals surface area contributed by atoms with Gasteiger partial charge in [0.15, 0.2) is 5.78 Å². The van der Waals surface area contributed by atoms with Crippen molar-refractivity contribution in [2.75, 3.05) is 6.54 Å². The zero-order chi connectivity index (χ0) is 19.8. The van der Waals surface area contributed by atoms with Gasteiger partial charge in [0.05, 0.1) is 12.0 Å². The lowest BCUT2D eigenvalue weighted by molar-refractivity contribution is -0.126. The number of carbonyl (C=O) groups is 3. The Labute approximate surface area is 157 Å². The van der Waals surface area contributed by atoms with Gasteiger partial charge >= 0.3 is 0 Å². The molecule has 2 aromatic rings. The molecule has 3 rings (SSSR count). The van der Waals surface area contributed by atoms with Crippen molar-refractivity contribution >= 4 is 23.2 Å². The van der Waals surface area contributed by atoms with Crippen molar-refractivity contribution in [3.8, 4) is 11.1 Å². The van der Waals surface area contributed by atoms with E-state index in [-0.39, 0.29) is 23.7 Å². The van der Waals surface area contributed by atoms with Gasteiger partial charge in [0.25, 0.3) is 5.91 Å². The highest BCUT2D eigenvalue weighted by atomic mass is 16.3. The van der Waals surface area contributed by atoms with Gasteiger partial charge in [-0.25, -0.2) is 0 Å². The molecule has 0 fully saturated rings. The fourth-order valence-electron chi connectivity index (χ4n) is 3.28. The number of amides is 1. The van der Waals surface area contributed by atoms with E-state index < -0.39 is 17.1 Å². The molecule has 5 nitrogen and oxygen atoms in total. The van der Waals surface area contributed by atoms with E-state index in [1.54, 1.807) is 19.9 Å². The van der Waals surface area contributed by atoms with Crippen molar-refractivity contribution in [3.63, 3.8) is 0 Å². The van der Waals surface area contributed by atoms with Crippen LogP contribution in [0, 0.1) is 0 Å². The molecule has 1 amide bonds. The molecule has 138 valence electrons. The molecule has 1 aliphatic rings. The zero-order valence-electron chi connectivity index (χ0n) is 15.5. The molecule has 0 atom stereocenters. The average molecular weight is 363 g/mol. The molecular weight excluding hydrogens is 342 g/mol. The molecular formula is C22H21NO4. The number of benzene rings is 2. The highest BCUT2D eigenvalue weighted by Crippen LogP contribution is 2.41. The number of nitrogens with one attached hydrogen (secondary N) is 1. The molecule has 0 unspecified atom stereocenters. The lowest BCUT2D eigenvalue weighted by Crippen LogP contribution is -2.42. The number of aliphatic hydroxyl groups excluding tert-OH is 1. The van der Waals surface area contributed by atoms with Crippen LogP contribution in [0.4, 0.5) is 0 Å². The maximum atomic E-state index is 12.9. The molecule has 2 aromatic carbocycles. The van der Waals surface area contributed by atoms with Crippen LogP contribution >= 0.6 is 0 Å². The van der Waals surface area contributed by atoms with Crippen LogP contribution in [0.5, 0.6) is 0 Å². The van der Waals surface area contributed by atoms with Gasteiger partial charge in [-0.05, 0) is 43.5 Å². The summed E-state index contributed by atoms with van der Waals surface area (Å²) >= 11 is 0. The normalized spacial score (nSPS) is 15.3. The number of rotatable bonds is 4. The van der Waals surface area contributed by atoms with E-state index in [9.17, 15) is 19.5 Å². The number of fused-ring (bicyclic) bond motifs is 1. The first-order chi connectivity index (χ1) is 12.7. The third kappa shape index (κ3) is 3.28. The number of carbonyl (C=O) groups excluding carboxylic acids is 3. The Kier molecular flexibility index (Phi) is 4.70. The Bertz CT molecular complexity index is 971. The molecule has 2 N–H and O–H groups in total. The molecule has 0 spiro atoms. The maximum Gasteiger partial charge on any atom is 0.259 e. The number of Topliss-reactive ketones (excluding diaryl/α,β-unsaturated/α-hetero) is 2. The molecule has 0 bridgehead atoms. The van der Waals surface area contributed by atoms with Gasteiger partial charge in [0, 0.05) is 5.56 Å². The summed E-state index contributed by atoms with van der Waals surface area (Å²) < 4.78 is 0. The summed E-state index contributed by atoms with van der Waals surface area (Å²) in [4.78, 5) is 36.5. The largest absolute Gasteiger partial charge is 0.506 e. The first kappa shape index (κ1) is 18.6. The first-order valence-electron chi connectivity index (χ1n) is 8.69. The Morgan fingerprint density at radius 3 is 2.33 bits per heavy atom. The Morgan fingerprint density at radius 1 is 1.04 bits per heavy atom. The van der Waals surface area contributed by atoms with Crippen LogP contribution in [0.15, 0.2) is 54.1 Å². The predicted molar refractivity (Wildman–Crippen MR) is 103 cm³/mol. The fraction of sp³-hybridized carbons (Fsp3) is 0.227. The standard InChI is InChI=1S/C22H21NO4/c1-13(24)12-23-21(27)18-19(25)16-11-15(14-7-5-4-6-8-14)9-10-17(16)22(2,3)20(18)26/h4-11,25H,12H2,1-3H3,(H,23,27). The van der Waals surface area contributed by atoms with E-state index in [1.807, 2.05) is 42.5 Å². The minimum absolute atomic E-state index is 0.194. The smallest absolute Gasteiger partial charge is 0.259 e. The zero-order valence-corrected chi connectivity index (χ0v) is 15.5. The third-order valence-electron chi connectivity index (χ3n) is 4.81. The fourth-order valence-corrected chi connectivity index (χ4v) is 3.28. The lowest BCUT2D eigenvalue weighted by Gasteiger charge is -2.32. The highest BCUT2D eigenvalue weighted by Gasteiger charge is 2.43. The van der Waals surface area contributed by atoms with Gasteiger partial charge in [0.2, 0.25) is 0 Å².